The van der Waals surface area contributed by atoms with Gasteiger partial charge in [-0.3, -0.25) is 4.79 Å². The van der Waals surface area contributed by atoms with Crippen molar-refractivity contribution in [1.29, 1.82) is 4.78 Å². The molecule has 2 N–H and O–H groups in total. The lowest BCUT2D eigenvalue weighted by atomic mass is 9.97. The third kappa shape index (κ3) is 6.07. The molecule has 1 aliphatic heterocycles. The van der Waals surface area contributed by atoms with Gasteiger partial charge in [-0.25, -0.2) is 27.1 Å². The molecule has 2 heterocycles. The average molecular weight is 551 g/mol. The number of hydrogen-bond donors (Lipinski definition) is 2. The predicted octanol–water partition coefficient (Wildman–Crippen LogP) is 6.76. The molecule has 1 aliphatic rings. The normalized spacial score (nSPS) is 17.1. The Morgan fingerprint density at radius 2 is 1.95 bits per heavy atom. The summed E-state index contributed by atoms with van der Waals surface area (Å²) in [5.41, 5.74) is 1.90. The van der Waals surface area contributed by atoms with Gasteiger partial charge in [0.1, 0.15) is 11.6 Å². The Morgan fingerprint density at radius 3 is 2.65 bits per heavy atom. The van der Waals surface area contributed by atoms with Gasteiger partial charge in [0.2, 0.25) is 5.92 Å². The quantitative estimate of drug-likeness (QED) is 0.367. The van der Waals surface area contributed by atoms with Crippen molar-refractivity contribution in [1.82, 2.24) is 4.98 Å². The average Bonchev–Trinajstić information content (AvgIpc) is 3.00. The third-order valence-corrected chi connectivity index (χ3v) is 7.80. The minimum absolute atomic E-state index is 0.0147. The van der Waals surface area contributed by atoms with Crippen LogP contribution in [0.5, 0.6) is 0 Å². The van der Waals surface area contributed by atoms with Crippen molar-refractivity contribution >= 4 is 38.7 Å². The first-order valence-electron chi connectivity index (χ1n) is 11.6. The van der Waals surface area contributed by atoms with Crippen LogP contribution in [0.4, 0.5) is 24.7 Å². The second-order valence-corrected chi connectivity index (χ2v) is 11.7. The van der Waals surface area contributed by atoms with Crippen LogP contribution in [-0.2, 0) is 9.73 Å². The van der Waals surface area contributed by atoms with Gasteiger partial charge in [-0.2, -0.15) is 0 Å². The molecule has 0 radical (unpaired) electrons. The minimum Gasteiger partial charge on any atom is -0.356 e. The molecular weight excluding hydrogens is 525 g/mol. The zero-order valence-corrected chi connectivity index (χ0v) is 21.9. The maximum Gasteiger partial charge on any atom is 0.259 e. The highest BCUT2D eigenvalue weighted by Crippen LogP contribution is 2.35. The van der Waals surface area contributed by atoms with E-state index in [4.69, 9.17) is 16.4 Å². The highest BCUT2D eigenvalue weighted by Gasteiger charge is 2.33. The zero-order chi connectivity index (χ0) is 27.0. The molecule has 4 rings (SSSR count). The lowest BCUT2D eigenvalue weighted by molar-refractivity contribution is -0.0102. The number of alkyl halides is 2. The van der Waals surface area contributed by atoms with Gasteiger partial charge in [0.25, 0.3) is 5.91 Å². The molecule has 196 valence electrons. The summed E-state index contributed by atoms with van der Waals surface area (Å²) in [6.45, 7) is 2.00. The number of pyridine rings is 1. The number of hydrogen-bond acceptors (Lipinski definition) is 5. The van der Waals surface area contributed by atoms with E-state index in [0.717, 1.165) is 0 Å². The van der Waals surface area contributed by atoms with E-state index >= 15 is 0 Å². The first-order chi connectivity index (χ1) is 17.4. The summed E-state index contributed by atoms with van der Waals surface area (Å²) in [5.74, 6) is -3.73. The van der Waals surface area contributed by atoms with Crippen LogP contribution in [0.25, 0.3) is 11.1 Å². The summed E-state index contributed by atoms with van der Waals surface area (Å²) in [6, 6.07) is 10.4. The topological polar surface area (TPSA) is 86.2 Å². The third-order valence-electron chi connectivity index (χ3n) is 6.34. The van der Waals surface area contributed by atoms with E-state index in [2.05, 4.69) is 10.3 Å². The summed E-state index contributed by atoms with van der Waals surface area (Å²) in [7, 11) is -3.01. The maximum atomic E-state index is 14.2. The maximum absolute atomic E-state index is 14.2. The fraction of sp³-hybridized carbons (Fsp3) is 0.308. The van der Waals surface area contributed by atoms with Crippen LogP contribution >= 0.6 is 11.6 Å². The van der Waals surface area contributed by atoms with E-state index in [1.807, 2.05) is 0 Å². The molecule has 3 aromatic rings. The molecule has 0 unspecified atom stereocenters. The largest absolute Gasteiger partial charge is 0.356 e. The standard InChI is InChI=1S/C26H26ClF3N4O2S/c1-16-20(17-7-8-21(27)22(28)13-17)15-32-24(34-11-4-9-26(29,30)10-12-34)23(16)25(35)33-18-5-3-6-19(14-18)37(2,31)36/h3,5-8,13-15,31H,4,9-12H2,1-2H3,(H,33,35)/t37-/m1/s1. The summed E-state index contributed by atoms with van der Waals surface area (Å²) in [6.07, 6.45) is 2.40. The molecule has 1 aromatic heterocycles. The number of rotatable bonds is 5. The number of nitrogens with one attached hydrogen (secondary N) is 2. The predicted molar refractivity (Wildman–Crippen MR) is 140 cm³/mol. The van der Waals surface area contributed by atoms with Gasteiger partial charge >= 0.3 is 0 Å². The zero-order valence-electron chi connectivity index (χ0n) is 20.3. The Kier molecular flexibility index (Phi) is 7.52. The lowest BCUT2D eigenvalue weighted by Crippen LogP contribution is -2.30. The van der Waals surface area contributed by atoms with Gasteiger partial charge < -0.3 is 10.2 Å². The fourth-order valence-electron chi connectivity index (χ4n) is 4.34. The first-order valence-corrected chi connectivity index (χ1v) is 13.9. The number of aromatic nitrogens is 1. The van der Waals surface area contributed by atoms with Crippen LogP contribution in [0.1, 0.15) is 35.2 Å². The molecule has 37 heavy (non-hydrogen) atoms. The SMILES string of the molecule is Cc1c(-c2ccc(Cl)c(F)c2)cnc(N2CCCC(F)(F)CC2)c1C(=O)Nc1cccc([S@](C)(=N)=O)c1. The molecule has 6 nitrogen and oxygen atoms in total. The monoisotopic (exact) mass is 550 g/mol. The van der Waals surface area contributed by atoms with Crippen LogP contribution < -0.4 is 10.2 Å². The van der Waals surface area contributed by atoms with Gasteiger partial charge in [-0.05, 0) is 54.8 Å². The molecule has 11 heteroatoms. The molecule has 1 atom stereocenters. The minimum atomic E-state index is -3.01. The molecule has 1 amide bonds. The smallest absolute Gasteiger partial charge is 0.259 e. The van der Waals surface area contributed by atoms with E-state index in [9.17, 15) is 22.2 Å². The van der Waals surface area contributed by atoms with Crippen molar-refractivity contribution in [2.45, 2.75) is 37.0 Å². The van der Waals surface area contributed by atoms with Crippen LogP contribution in [0.2, 0.25) is 5.02 Å². The van der Waals surface area contributed by atoms with E-state index in [1.165, 1.54) is 36.7 Å². The number of amides is 1. The molecule has 1 fully saturated rings. The van der Waals surface area contributed by atoms with Gasteiger partial charge in [0.15, 0.2) is 0 Å². The Hall–Kier alpha value is -3.11. The van der Waals surface area contributed by atoms with Crippen molar-refractivity contribution < 1.29 is 22.2 Å². The van der Waals surface area contributed by atoms with Gasteiger partial charge in [0, 0.05) is 54.5 Å². The second-order valence-electron chi connectivity index (χ2n) is 9.15. The highest BCUT2D eigenvalue weighted by atomic mass is 35.5. The van der Waals surface area contributed by atoms with Gasteiger partial charge in [-0.15, -0.1) is 0 Å². The van der Waals surface area contributed by atoms with Gasteiger partial charge in [-0.1, -0.05) is 23.7 Å². The Balaban J connectivity index is 1.80. The van der Waals surface area contributed by atoms with Crippen molar-refractivity contribution in [3.05, 3.63) is 70.6 Å². The van der Waals surface area contributed by atoms with Crippen LogP contribution in [0.15, 0.2) is 53.6 Å². The lowest BCUT2D eigenvalue weighted by Gasteiger charge is -2.26. The molecular formula is C26H26ClF3N4O2S. The molecule has 0 saturated carbocycles. The summed E-state index contributed by atoms with van der Waals surface area (Å²) >= 11 is 5.83. The second kappa shape index (κ2) is 10.3. The van der Waals surface area contributed by atoms with Crippen molar-refractivity contribution in [3.63, 3.8) is 0 Å². The van der Waals surface area contributed by atoms with Crippen LogP contribution in [0.3, 0.4) is 0 Å². The molecule has 0 aliphatic carbocycles. The molecule has 0 spiro atoms. The number of carbonyl (C=O) groups is 1. The Labute approximate surface area is 218 Å². The number of nitrogens with zero attached hydrogens (tertiary/aromatic N) is 2. The number of carbonyl (C=O) groups excluding carboxylic acids is 1. The van der Waals surface area contributed by atoms with Crippen LogP contribution in [0, 0.1) is 17.5 Å². The summed E-state index contributed by atoms with van der Waals surface area (Å²) in [4.78, 5) is 20.1. The molecule has 1 saturated heterocycles. The highest BCUT2D eigenvalue weighted by molar-refractivity contribution is 7.91. The number of halogens is 4. The fourth-order valence-corrected chi connectivity index (χ4v) is 5.15. The van der Waals surface area contributed by atoms with Crippen molar-refractivity contribution in [3.8, 4) is 11.1 Å². The summed E-state index contributed by atoms with van der Waals surface area (Å²) < 4.78 is 62.3. The summed E-state index contributed by atoms with van der Waals surface area (Å²) in [5, 5.41) is 2.72. The first kappa shape index (κ1) is 26.9. The van der Waals surface area contributed by atoms with Crippen molar-refractivity contribution in [2.75, 3.05) is 29.6 Å². The van der Waals surface area contributed by atoms with E-state index < -0.39 is 27.4 Å². The number of anilines is 2. The molecule has 2 aromatic carbocycles. The van der Waals surface area contributed by atoms with Gasteiger partial charge in [0.05, 0.1) is 20.3 Å². The van der Waals surface area contributed by atoms with Crippen molar-refractivity contribution in [2.24, 2.45) is 0 Å². The number of benzene rings is 2. The Morgan fingerprint density at radius 1 is 1.19 bits per heavy atom. The van der Waals surface area contributed by atoms with E-state index in [0.29, 0.717) is 28.9 Å². The van der Waals surface area contributed by atoms with E-state index in [1.54, 1.807) is 30.0 Å². The Bertz CT molecular complexity index is 1460. The molecule has 0 bridgehead atoms. The van der Waals surface area contributed by atoms with Crippen LogP contribution in [-0.4, -0.2) is 40.4 Å². The van der Waals surface area contributed by atoms with E-state index in [-0.39, 0.29) is 47.1 Å².